The number of hydrogen-bond donors (Lipinski definition) is 0. The molecule has 0 aliphatic rings. The van der Waals surface area contributed by atoms with Gasteiger partial charge >= 0.3 is 0 Å². The van der Waals surface area contributed by atoms with E-state index in [2.05, 4.69) is 10.1 Å². The molecule has 2 heterocycles. The summed E-state index contributed by atoms with van der Waals surface area (Å²) in [6.07, 6.45) is 5.44. The Bertz CT molecular complexity index is 659. The first-order chi connectivity index (χ1) is 9.31. The second kappa shape index (κ2) is 4.94. The second-order valence-electron chi connectivity index (χ2n) is 4.20. The van der Waals surface area contributed by atoms with E-state index >= 15 is 0 Å². The molecule has 0 atom stereocenters. The van der Waals surface area contributed by atoms with Gasteiger partial charge in [0.15, 0.2) is 0 Å². The van der Waals surface area contributed by atoms with Crippen molar-refractivity contribution in [3.8, 4) is 22.8 Å². The van der Waals surface area contributed by atoms with Crippen LogP contribution < -0.4 is 4.74 Å². The van der Waals surface area contributed by atoms with Crippen molar-refractivity contribution in [2.45, 2.75) is 0 Å². The number of para-hydroxylation sites is 1. The molecule has 0 saturated heterocycles. The Morgan fingerprint density at radius 1 is 0.947 bits per heavy atom. The molecule has 4 nitrogen and oxygen atoms in total. The van der Waals surface area contributed by atoms with Gasteiger partial charge in [0, 0.05) is 18.8 Å². The van der Waals surface area contributed by atoms with Gasteiger partial charge in [0.2, 0.25) is 0 Å². The van der Waals surface area contributed by atoms with Crippen LogP contribution in [0.4, 0.5) is 0 Å². The van der Waals surface area contributed by atoms with Crippen LogP contribution in [0.5, 0.6) is 11.5 Å². The summed E-state index contributed by atoms with van der Waals surface area (Å²) in [4.78, 5) is 4.38. The highest BCUT2D eigenvalue weighted by Gasteiger charge is 2.03. The highest BCUT2D eigenvalue weighted by atomic mass is 16.5. The lowest BCUT2D eigenvalue weighted by molar-refractivity contribution is 0.480. The summed E-state index contributed by atoms with van der Waals surface area (Å²) < 4.78 is 7.45. The minimum atomic E-state index is 0.721. The largest absolute Gasteiger partial charge is 0.456 e. The standard InChI is InChI=1S/C15H13N3O/c1-18-11-12(9-17-18)15-8-7-14(10-16-15)19-13-5-3-2-4-6-13/h2-11H,1H3. The smallest absolute Gasteiger partial charge is 0.145 e. The number of benzene rings is 1. The van der Waals surface area contributed by atoms with Crippen LogP contribution in [-0.4, -0.2) is 14.8 Å². The van der Waals surface area contributed by atoms with Gasteiger partial charge in [0.1, 0.15) is 11.5 Å². The van der Waals surface area contributed by atoms with Crippen molar-refractivity contribution < 1.29 is 4.74 Å². The van der Waals surface area contributed by atoms with Crippen molar-refractivity contribution in [3.05, 3.63) is 61.1 Å². The first kappa shape index (κ1) is 11.5. The number of ether oxygens (including phenoxy) is 1. The maximum atomic E-state index is 5.69. The van der Waals surface area contributed by atoms with E-state index in [1.54, 1.807) is 17.1 Å². The lowest BCUT2D eigenvalue weighted by Gasteiger charge is -2.05. The van der Waals surface area contributed by atoms with Gasteiger partial charge in [-0.1, -0.05) is 18.2 Å². The third-order valence-corrected chi connectivity index (χ3v) is 2.72. The van der Waals surface area contributed by atoms with Gasteiger partial charge in [0.05, 0.1) is 18.1 Å². The highest BCUT2D eigenvalue weighted by molar-refractivity contribution is 5.57. The van der Waals surface area contributed by atoms with Crippen LogP contribution >= 0.6 is 0 Å². The molecular formula is C15H13N3O. The van der Waals surface area contributed by atoms with E-state index in [1.807, 2.05) is 55.7 Å². The fourth-order valence-corrected chi connectivity index (χ4v) is 1.79. The molecule has 19 heavy (non-hydrogen) atoms. The Labute approximate surface area is 111 Å². The Morgan fingerprint density at radius 3 is 2.42 bits per heavy atom. The number of rotatable bonds is 3. The average Bonchev–Trinajstić information content (AvgIpc) is 2.87. The summed E-state index contributed by atoms with van der Waals surface area (Å²) in [6.45, 7) is 0. The van der Waals surface area contributed by atoms with E-state index in [-0.39, 0.29) is 0 Å². The number of hydrogen-bond acceptors (Lipinski definition) is 3. The van der Waals surface area contributed by atoms with Crippen molar-refractivity contribution >= 4 is 0 Å². The lowest BCUT2D eigenvalue weighted by Crippen LogP contribution is -1.87. The van der Waals surface area contributed by atoms with Gasteiger partial charge in [-0.15, -0.1) is 0 Å². The molecule has 0 bridgehead atoms. The minimum Gasteiger partial charge on any atom is -0.456 e. The molecule has 0 aliphatic heterocycles. The predicted octanol–water partition coefficient (Wildman–Crippen LogP) is 3.27. The maximum Gasteiger partial charge on any atom is 0.145 e. The van der Waals surface area contributed by atoms with E-state index in [9.17, 15) is 0 Å². The Balaban J connectivity index is 1.79. The average molecular weight is 251 g/mol. The summed E-state index contributed by atoms with van der Waals surface area (Å²) in [5.41, 5.74) is 1.88. The molecule has 94 valence electrons. The van der Waals surface area contributed by atoms with E-state index in [1.165, 1.54) is 0 Å². The summed E-state index contributed by atoms with van der Waals surface area (Å²) >= 11 is 0. The zero-order valence-electron chi connectivity index (χ0n) is 10.5. The van der Waals surface area contributed by atoms with Gasteiger partial charge in [-0.2, -0.15) is 5.10 Å². The van der Waals surface area contributed by atoms with Crippen LogP contribution in [0.1, 0.15) is 0 Å². The molecule has 3 rings (SSSR count). The Kier molecular flexibility index (Phi) is 2.98. The SMILES string of the molecule is Cn1cc(-c2ccc(Oc3ccccc3)cn2)cn1. The molecule has 0 N–H and O–H groups in total. The fourth-order valence-electron chi connectivity index (χ4n) is 1.79. The van der Waals surface area contributed by atoms with Crippen molar-refractivity contribution in [1.82, 2.24) is 14.8 Å². The molecule has 0 aliphatic carbocycles. The van der Waals surface area contributed by atoms with Gasteiger partial charge in [-0.3, -0.25) is 9.67 Å². The number of pyridine rings is 1. The van der Waals surface area contributed by atoms with Gasteiger partial charge in [-0.25, -0.2) is 0 Å². The zero-order valence-corrected chi connectivity index (χ0v) is 10.5. The van der Waals surface area contributed by atoms with Crippen molar-refractivity contribution in [3.63, 3.8) is 0 Å². The Morgan fingerprint density at radius 2 is 1.79 bits per heavy atom. The number of aryl methyl sites for hydroxylation is 1. The number of nitrogens with zero attached hydrogens (tertiary/aromatic N) is 3. The van der Waals surface area contributed by atoms with Crippen LogP contribution in [0.25, 0.3) is 11.3 Å². The third-order valence-electron chi connectivity index (χ3n) is 2.72. The third kappa shape index (κ3) is 2.63. The molecule has 0 saturated carbocycles. The summed E-state index contributed by atoms with van der Waals surface area (Å²) in [5.74, 6) is 1.53. The molecule has 0 unspecified atom stereocenters. The molecule has 0 radical (unpaired) electrons. The second-order valence-corrected chi connectivity index (χ2v) is 4.20. The van der Waals surface area contributed by atoms with Gasteiger partial charge in [0.25, 0.3) is 0 Å². The van der Waals surface area contributed by atoms with E-state index in [0.29, 0.717) is 0 Å². The van der Waals surface area contributed by atoms with E-state index in [0.717, 1.165) is 22.8 Å². The van der Waals surface area contributed by atoms with Gasteiger partial charge in [-0.05, 0) is 24.3 Å². The monoisotopic (exact) mass is 251 g/mol. The van der Waals surface area contributed by atoms with E-state index in [4.69, 9.17) is 4.74 Å². The summed E-state index contributed by atoms with van der Waals surface area (Å²) in [5, 5.41) is 4.13. The summed E-state index contributed by atoms with van der Waals surface area (Å²) in [7, 11) is 1.89. The van der Waals surface area contributed by atoms with Crippen molar-refractivity contribution in [1.29, 1.82) is 0 Å². The fraction of sp³-hybridized carbons (Fsp3) is 0.0667. The van der Waals surface area contributed by atoms with Crippen molar-refractivity contribution in [2.75, 3.05) is 0 Å². The minimum absolute atomic E-state index is 0.721. The molecular weight excluding hydrogens is 238 g/mol. The van der Waals surface area contributed by atoms with Crippen LogP contribution in [0.3, 0.4) is 0 Å². The molecule has 2 aromatic heterocycles. The molecule has 0 amide bonds. The molecule has 3 aromatic rings. The topological polar surface area (TPSA) is 39.9 Å². The van der Waals surface area contributed by atoms with Crippen LogP contribution in [0.2, 0.25) is 0 Å². The normalized spacial score (nSPS) is 10.4. The summed E-state index contributed by atoms with van der Waals surface area (Å²) in [6, 6.07) is 13.5. The van der Waals surface area contributed by atoms with Crippen LogP contribution in [-0.2, 0) is 7.05 Å². The Hall–Kier alpha value is -2.62. The van der Waals surface area contributed by atoms with Gasteiger partial charge < -0.3 is 4.74 Å². The zero-order chi connectivity index (χ0) is 13.1. The first-order valence-corrected chi connectivity index (χ1v) is 5.99. The van der Waals surface area contributed by atoms with Crippen LogP contribution in [0, 0.1) is 0 Å². The molecule has 4 heteroatoms. The van der Waals surface area contributed by atoms with Crippen molar-refractivity contribution in [2.24, 2.45) is 7.05 Å². The number of aromatic nitrogens is 3. The molecule has 0 spiro atoms. The lowest BCUT2D eigenvalue weighted by atomic mass is 10.2. The molecule has 1 aromatic carbocycles. The molecule has 0 fully saturated rings. The quantitative estimate of drug-likeness (QED) is 0.717. The van der Waals surface area contributed by atoms with E-state index < -0.39 is 0 Å². The highest BCUT2D eigenvalue weighted by Crippen LogP contribution is 2.22. The maximum absolute atomic E-state index is 5.69. The first-order valence-electron chi connectivity index (χ1n) is 5.99. The van der Waals surface area contributed by atoms with Crippen LogP contribution in [0.15, 0.2) is 61.1 Å². The predicted molar refractivity (Wildman–Crippen MR) is 73.0 cm³/mol.